The lowest BCUT2D eigenvalue weighted by molar-refractivity contribution is -0.141. The van der Waals surface area contributed by atoms with Crippen molar-refractivity contribution in [3.63, 3.8) is 0 Å². The molecule has 0 bridgehead atoms. The number of rotatable bonds is 6. The van der Waals surface area contributed by atoms with Crippen LogP contribution < -0.4 is 0 Å². The van der Waals surface area contributed by atoms with Crippen molar-refractivity contribution >= 4 is 5.91 Å². The van der Waals surface area contributed by atoms with Crippen molar-refractivity contribution in [2.45, 2.75) is 32.2 Å². The number of nitrogens with zero attached hydrogens (tertiary/aromatic N) is 3. The summed E-state index contributed by atoms with van der Waals surface area (Å²) in [6.45, 7) is 6.26. The summed E-state index contributed by atoms with van der Waals surface area (Å²) in [7, 11) is 1.70. The Morgan fingerprint density at radius 2 is 2.32 bits per heavy atom. The quantitative estimate of drug-likeness (QED) is 0.864. The van der Waals surface area contributed by atoms with Crippen LogP contribution in [0.4, 0.5) is 0 Å². The molecule has 1 N–H and O–H groups in total. The van der Waals surface area contributed by atoms with Crippen molar-refractivity contribution in [2.24, 2.45) is 5.41 Å². The standard InChI is InChI=1S/C16H26N4O2/c1-3-19-9-10-20(12-13(19)14-17-7-8-18-14)15(21)16(4-5-16)6-11-22-2/h7-8,13H,3-6,9-12H2,1-2H3,(H,17,18). The summed E-state index contributed by atoms with van der Waals surface area (Å²) in [4.78, 5) is 25.0. The van der Waals surface area contributed by atoms with Crippen LogP contribution in [0.1, 0.15) is 38.1 Å². The van der Waals surface area contributed by atoms with Gasteiger partial charge in [-0.2, -0.15) is 0 Å². The Balaban J connectivity index is 1.69. The van der Waals surface area contributed by atoms with E-state index in [9.17, 15) is 4.79 Å². The van der Waals surface area contributed by atoms with E-state index in [0.29, 0.717) is 12.5 Å². The average Bonchev–Trinajstić information content (AvgIpc) is 3.15. The van der Waals surface area contributed by atoms with E-state index in [4.69, 9.17) is 4.74 Å². The second kappa shape index (κ2) is 6.38. The third kappa shape index (κ3) is 2.90. The first-order chi connectivity index (χ1) is 10.7. The SMILES string of the molecule is CCN1CCN(C(=O)C2(CCOC)CC2)CC1c1ncc[nH]1. The smallest absolute Gasteiger partial charge is 0.228 e. The minimum atomic E-state index is -0.141. The number of carbonyl (C=O) groups excluding carboxylic acids is 1. The molecule has 0 spiro atoms. The van der Waals surface area contributed by atoms with E-state index in [1.54, 1.807) is 13.3 Å². The number of aromatic nitrogens is 2. The van der Waals surface area contributed by atoms with Gasteiger partial charge >= 0.3 is 0 Å². The highest BCUT2D eigenvalue weighted by molar-refractivity contribution is 5.85. The van der Waals surface area contributed by atoms with Crippen LogP contribution in [0.25, 0.3) is 0 Å². The molecule has 2 aliphatic rings. The molecule has 122 valence electrons. The summed E-state index contributed by atoms with van der Waals surface area (Å²) >= 11 is 0. The van der Waals surface area contributed by atoms with Crippen molar-refractivity contribution in [3.8, 4) is 0 Å². The fraction of sp³-hybridized carbons (Fsp3) is 0.750. The molecule has 1 saturated heterocycles. The Hall–Kier alpha value is -1.40. The van der Waals surface area contributed by atoms with Gasteiger partial charge in [-0.3, -0.25) is 9.69 Å². The molecule has 2 heterocycles. The van der Waals surface area contributed by atoms with E-state index in [1.165, 1.54) is 0 Å². The molecular weight excluding hydrogens is 280 g/mol. The highest BCUT2D eigenvalue weighted by Crippen LogP contribution is 2.50. The number of hydrogen-bond acceptors (Lipinski definition) is 4. The van der Waals surface area contributed by atoms with Crippen LogP contribution in [0.5, 0.6) is 0 Å². The van der Waals surface area contributed by atoms with Crippen molar-refractivity contribution < 1.29 is 9.53 Å². The zero-order valence-electron chi connectivity index (χ0n) is 13.5. The zero-order valence-corrected chi connectivity index (χ0v) is 13.5. The second-order valence-electron chi connectivity index (χ2n) is 6.39. The van der Waals surface area contributed by atoms with Gasteiger partial charge in [0.2, 0.25) is 5.91 Å². The predicted octanol–water partition coefficient (Wildman–Crippen LogP) is 1.43. The predicted molar refractivity (Wildman–Crippen MR) is 83.3 cm³/mol. The highest BCUT2D eigenvalue weighted by atomic mass is 16.5. The van der Waals surface area contributed by atoms with Crippen LogP contribution in [0.15, 0.2) is 12.4 Å². The fourth-order valence-corrected chi connectivity index (χ4v) is 3.46. The Morgan fingerprint density at radius 3 is 2.91 bits per heavy atom. The average molecular weight is 306 g/mol. The highest BCUT2D eigenvalue weighted by Gasteiger charge is 2.51. The second-order valence-corrected chi connectivity index (χ2v) is 6.39. The maximum atomic E-state index is 12.9. The van der Waals surface area contributed by atoms with E-state index >= 15 is 0 Å². The molecule has 1 aromatic rings. The summed E-state index contributed by atoms with van der Waals surface area (Å²) in [6, 6.07) is 0.177. The Labute approximate surface area is 131 Å². The molecule has 0 radical (unpaired) electrons. The third-order valence-corrected chi connectivity index (χ3v) is 5.11. The van der Waals surface area contributed by atoms with E-state index in [0.717, 1.165) is 51.3 Å². The van der Waals surface area contributed by atoms with Crippen LogP contribution in [0.3, 0.4) is 0 Å². The molecule has 1 unspecified atom stereocenters. The zero-order chi connectivity index (χ0) is 15.6. The first-order valence-electron chi connectivity index (χ1n) is 8.22. The first-order valence-corrected chi connectivity index (χ1v) is 8.22. The number of amides is 1. The molecule has 1 aliphatic heterocycles. The number of aromatic amines is 1. The van der Waals surface area contributed by atoms with Gasteiger partial charge in [0.15, 0.2) is 0 Å². The minimum Gasteiger partial charge on any atom is -0.385 e. The number of hydrogen-bond donors (Lipinski definition) is 1. The molecule has 1 saturated carbocycles. The number of methoxy groups -OCH3 is 1. The lowest BCUT2D eigenvalue weighted by atomic mass is 9.99. The third-order valence-electron chi connectivity index (χ3n) is 5.11. The Bertz CT molecular complexity index is 498. The monoisotopic (exact) mass is 306 g/mol. The fourth-order valence-electron chi connectivity index (χ4n) is 3.46. The van der Waals surface area contributed by atoms with Crippen LogP contribution in [-0.2, 0) is 9.53 Å². The molecule has 1 aliphatic carbocycles. The maximum absolute atomic E-state index is 12.9. The van der Waals surface area contributed by atoms with Crippen LogP contribution in [-0.4, -0.2) is 65.6 Å². The number of ether oxygens (including phenoxy) is 1. The van der Waals surface area contributed by atoms with Crippen molar-refractivity contribution in [2.75, 3.05) is 39.9 Å². The first kappa shape index (κ1) is 15.5. The normalized spacial score (nSPS) is 24.5. The number of H-pyrrole nitrogens is 1. The number of likely N-dealkylation sites (N-methyl/N-ethyl adjacent to an activating group) is 1. The van der Waals surface area contributed by atoms with Gasteiger partial charge in [0.05, 0.1) is 11.5 Å². The molecule has 1 amide bonds. The van der Waals surface area contributed by atoms with Crippen LogP contribution >= 0.6 is 0 Å². The van der Waals surface area contributed by atoms with Crippen LogP contribution in [0.2, 0.25) is 0 Å². The number of carbonyl (C=O) groups is 1. The number of nitrogens with one attached hydrogen (secondary N) is 1. The number of piperazine rings is 1. The molecule has 1 atom stereocenters. The van der Waals surface area contributed by atoms with E-state index in [2.05, 4.69) is 21.8 Å². The van der Waals surface area contributed by atoms with Crippen molar-refractivity contribution in [1.29, 1.82) is 0 Å². The molecule has 2 fully saturated rings. The molecule has 0 aromatic carbocycles. The summed E-state index contributed by atoms with van der Waals surface area (Å²) in [5.41, 5.74) is -0.141. The van der Waals surface area contributed by atoms with E-state index in [1.807, 2.05) is 11.1 Å². The van der Waals surface area contributed by atoms with E-state index < -0.39 is 0 Å². The van der Waals surface area contributed by atoms with Gasteiger partial charge in [-0.05, 0) is 25.8 Å². The molecule has 22 heavy (non-hydrogen) atoms. The summed E-state index contributed by atoms with van der Waals surface area (Å²) in [5, 5.41) is 0. The van der Waals surface area contributed by atoms with Gasteiger partial charge in [0.25, 0.3) is 0 Å². The minimum absolute atomic E-state index is 0.141. The molecule has 6 heteroatoms. The largest absolute Gasteiger partial charge is 0.385 e. The van der Waals surface area contributed by atoms with Crippen LogP contribution in [0, 0.1) is 5.41 Å². The summed E-state index contributed by atoms with van der Waals surface area (Å²) in [6.07, 6.45) is 6.50. The molecule has 3 rings (SSSR count). The van der Waals surface area contributed by atoms with Crippen molar-refractivity contribution in [1.82, 2.24) is 19.8 Å². The molecule has 1 aromatic heterocycles. The summed E-state index contributed by atoms with van der Waals surface area (Å²) in [5.74, 6) is 1.28. The Morgan fingerprint density at radius 1 is 1.50 bits per heavy atom. The molecular formula is C16H26N4O2. The lowest BCUT2D eigenvalue weighted by Gasteiger charge is -2.41. The summed E-state index contributed by atoms with van der Waals surface area (Å²) < 4.78 is 5.18. The van der Waals surface area contributed by atoms with Gasteiger partial charge in [-0.1, -0.05) is 6.92 Å². The number of imidazole rings is 1. The topological polar surface area (TPSA) is 61.5 Å². The maximum Gasteiger partial charge on any atom is 0.228 e. The molecule has 6 nitrogen and oxygen atoms in total. The lowest BCUT2D eigenvalue weighted by Crippen LogP contribution is -2.52. The Kier molecular flexibility index (Phi) is 4.49. The van der Waals surface area contributed by atoms with Gasteiger partial charge in [-0.25, -0.2) is 4.98 Å². The van der Waals surface area contributed by atoms with Gasteiger partial charge < -0.3 is 14.6 Å². The van der Waals surface area contributed by atoms with Gasteiger partial charge in [0, 0.05) is 45.7 Å². The van der Waals surface area contributed by atoms with Gasteiger partial charge in [-0.15, -0.1) is 0 Å². The van der Waals surface area contributed by atoms with E-state index in [-0.39, 0.29) is 11.5 Å². The van der Waals surface area contributed by atoms with Crippen molar-refractivity contribution in [3.05, 3.63) is 18.2 Å². The van der Waals surface area contributed by atoms with Gasteiger partial charge in [0.1, 0.15) is 5.82 Å².